The summed E-state index contributed by atoms with van der Waals surface area (Å²) >= 11 is 0. The lowest BCUT2D eigenvalue weighted by atomic mass is 9.73. The number of likely N-dealkylation sites (tertiary alicyclic amines) is 1. The quantitative estimate of drug-likeness (QED) is 0.715. The molecule has 1 aromatic heterocycles. The van der Waals surface area contributed by atoms with E-state index in [9.17, 15) is 9.90 Å². The van der Waals surface area contributed by atoms with Crippen LogP contribution in [-0.4, -0.2) is 68.0 Å². The van der Waals surface area contributed by atoms with Crippen LogP contribution in [0.4, 0.5) is 0 Å². The molecule has 1 aliphatic carbocycles. The SMILES string of the molecule is Cc1nc(CN2CCC3(CC2)OCC[C@](C)(NC(=O)C2CCCC2)[C@H]3O)n[nH]1. The van der Waals surface area contributed by atoms with Gasteiger partial charge in [0.05, 0.1) is 17.7 Å². The fourth-order valence-corrected chi connectivity index (χ4v) is 5.13. The van der Waals surface area contributed by atoms with Crippen LogP contribution >= 0.6 is 0 Å². The smallest absolute Gasteiger partial charge is 0.223 e. The highest BCUT2D eigenvalue weighted by Crippen LogP contribution is 2.40. The molecule has 1 aromatic rings. The van der Waals surface area contributed by atoms with Crippen LogP contribution < -0.4 is 5.32 Å². The van der Waals surface area contributed by atoms with Crippen LogP contribution in [0.25, 0.3) is 0 Å². The molecule has 8 nitrogen and oxygen atoms in total. The largest absolute Gasteiger partial charge is 0.388 e. The summed E-state index contributed by atoms with van der Waals surface area (Å²) in [7, 11) is 0. The van der Waals surface area contributed by atoms with E-state index in [4.69, 9.17) is 4.74 Å². The maximum Gasteiger partial charge on any atom is 0.223 e. The molecule has 3 heterocycles. The number of aromatic amines is 1. The standard InChI is InChI=1S/C20H33N5O3/c1-14-21-16(24-23-14)13-25-10-7-20(8-11-25)18(27)19(2,9-12-28-20)22-17(26)15-5-3-4-6-15/h15,18,27H,3-13H2,1-2H3,(H,22,26)(H,21,23,24)/t18-,19+/m1/s1. The number of ether oxygens (including phenoxy) is 1. The van der Waals surface area contributed by atoms with Gasteiger partial charge in [0.25, 0.3) is 0 Å². The molecule has 3 N–H and O–H groups in total. The van der Waals surface area contributed by atoms with Gasteiger partial charge < -0.3 is 15.2 Å². The molecule has 156 valence electrons. The van der Waals surface area contributed by atoms with Crippen LogP contribution in [-0.2, 0) is 16.1 Å². The third kappa shape index (κ3) is 3.82. The van der Waals surface area contributed by atoms with Crippen molar-refractivity contribution in [3.8, 4) is 0 Å². The number of amides is 1. The van der Waals surface area contributed by atoms with Crippen LogP contribution in [0, 0.1) is 12.8 Å². The average Bonchev–Trinajstić information content (AvgIpc) is 3.34. The molecule has 1 spiro atoms. The van der Waals surface area contributed by atoms with E-state index in [0.717, 1.165) is 63.3 Å². The van der Waals surface area contributed by atoms with E-state index < -0.39 is 17.2 Å². The molecule has 28 heavy (non-hydrogen) atoms. The molecule has 0 bridgehead atoms. The summed E-state index contributed by atoms with van der Waals surface area (Å²) in [6.07, 6.45) is 5.62. The molecule has 0 radical (unpaired) electrons. The number of hydrogen-bond donors (Lipinski definition) is 3. The summed E-state index contributed by atoms with van der Waals surface area (Å²) < 4.78 is 6.16. The molecule has 0 unspecified atom stereocenters. The van der Waals surface area contributed by atoms with Gasteiger partial charge in [-0.05, 0) is 46.0 Å². The van der Waals surface area contributed by atoms with E-state index in [1.54, 1.807) is 0 Å². The fraction of sp³-hybridized carbons (Fsp3) is 0.850. The zero-order valence-electron chi connectivity index (χ0n) is 17.0. The predicted molar refractivity (Wildman–Crippen MR) is 103 cm³/mol. The van der Waals surface area contributed by atoms with Gasteiger partial charge in [-0.15, -0.1) is 0 Å². The highest BCUT2D eigenvalue weighted by molar-refractivity contribution is 5.79. The first-order valence-corrected chi connectivity index (χ1v) is 10.6. The molecule has 2 saturated heterocycles. The number of aryl methyl sites for hydroxylation is 1. The minimum absolute atomic E-state index is 0.105. The highest BCUT2D eigenvalue weighted by Gasteiger charge is 2.54. The summed E-state index contributed by atoms with van der Waals surface area (Å²) in [4.78, 5) is 19.4. The minimum Gasteiger partial charge on any atom is -0.388 e. The van der Waals surface area contributed by atoms with Crippen molar-refractivity contribution in [2.45, 2.75) is 82.6 Å². The van der Waals surface area contributed by atoms with E-state index in [1.807, 2.05) is 13.8 Å². The van der Waals surface area contributed by atoms with Crippen LogP contribution in [0.1, 0.15) is 63.5 Å². The van der Waals surface area contributed by atoms with Gasteiger partial charge >= 0.3 is 0 Å². The Labute approximate surface area is 166 Å². The van der Waals surface area contributed by atoms with E-state index in [-0.39, 0.29) is 11.8 Å². The van der Waals surface area contributed by atoms with Crippen molar-refractivity contribution in [3.63, 3.8) is 0 Å². The van der Waals surface area contributed by atoms with Gasteiger partial charge in [-0.3, -0.25) is 14.8 Å². The Bertz CT molecular complexity index is 694. The van der Waals surface area contributed by atoms with Gasteiger partial charge in [-0.2, -0.15) is 5.10 Å². The summed E-state index contributed by atoms with van der Waals surface area (Å²) in [6, 6.07) is 0. The minimum atomic E-state index is -0.702. The predicted octanol–water partition coefficient (Wildman–Crippen LogP) is 1.29. The molecular weight excluding hydrogens is 358 g/mol. The summed E-state index contributed by atoms with van der Waals surface area (Å²) in [5, 5.41) is 21.6. The van der Waals surface area contributed by atoms with E-state index in [0.29, 0.717) is 19.6 Å². The molecule has 3 aliphatic rings. The van der Waals surface area contributed by atoms with Crippen molar-refractivity contribution in [3.05, 3.63) is 11.6 Å². The Morgan fingerprint density at radius 3 is 2.68 bits per heavy atom. The second kappa shape index (κ2) is 7.72. The van der Waals surface area contributed by atoms with Crippen LogP contribution in [0.2, 0.25) is 0 Å². The topological polar surface area (TPSA) is 103 Å². The van der Waals surface area contributed by atoms with Crippen LogP contribution in [0.15, 0.2) is 0 Å². The first-order valence-electron chi connectivity index (χ1n) is 10.6. The van der Waals surface area contributed by atoms with Crippen molar-refractivity contribution < 1.29 is 14.6 Å². The Hall–Kier alpha value is -1.51. The molecule has 8 heteroatoms. The van der Waals surface area contributed by atoms with Crippen molar-refractivity contribution in [1.29, 1.82) is 0 Å². The highest BCUT2D eigenvalue weighted by atomic mass is 16.5. The lowest BCUT2D eigenvalue weighted by molar-refractivity contribution is -0.208. The van der Waals surface area contributed by atoms with E-state index in [2.05, 4.69) is 25.4 Å². The molecule has 0 aromatic carbocycles. The molecule has 3 fully saturated rings. The number of aliphatic hydroxyl groups is 1. The maximum atomic E-state index is 12.7. The lowest BCUT2D eigenvalue weighted by Gasteiger charge is -2.53. The van der Waals surface area contributed by atoms with Crippen LogP contribution in [0.5, 0.6) is 0 Å². The zero-order valence-corrected chi connectivity index (χ0v) is 17.0. The fourth-order valence-electron chi connectivity index (χ4n) is 5.13. The van der Waals surface area contributed by atoms with Crippen molar-refractivity contribution in [2.24, 2.45) is 5.92 Å². The third-order valence-corrected chi connectivity index (χ3v) is 6.96. The number of aliphatic hydroxyl groups excluding tert-OH is 1. The maximum absolute atomic E-state index is 12.7. The summed E-state index contributed by atoms with van der Waals surface area (Å²) in [5.41, 5.74) is -1.21. The number of nitrogens with zero attached hydrogens (tertiary/aromatic N) is 3. The first-order chi connectivity index (χ1) is 13.4. The first kappa shape index (κ1) is 19.8. The van der Waals surface area contributed by atoms with Gasteiger partial charge in [0.2, 0.25) is 5.91 Å². The number of hydrogen-bond acceptors (Lipinski definition) is 6. The van der Waals surface area contributed by atoms with E-state index >= 15 is 0 Å². The number of aromatic nitrogens is 3. The molecular formula is C20H33N5O3. The van der Waals surface area contributed by atoms with Gasteiger partial charge in [0.15, 0.2) is 5.82 Å². The van der Waals surface area contributed by atoms with Crippen molar-refractivity contribution in [2.75, 3.05) is 19.7 Å². The molecule has 2 aliphatic heterocycles. The monoisotopic (exact) mass is 391 g/mol. The average molecular weight is 392 g/mol. The molecule has 4 rings (SSSR count). The Balaban J connectivity index is 1.38. The number of H-pyrrole nitrogens is 1. The number of piperidine rings is 1. The normalized spacial score (nSPS) is 31.3. The molecule has 1 amide bonds. The lowest BCUT2D eigenvalue weighted by Crippen LogP contribution is -2.69. The zero-order chi connectivity index (χ0) is 19.8. The second-order valence-corrected chi connectivity index (χ2v) is 9.07. The Kier molecular flexibility index (Phi) is 5.46. The van der Waals surface area contributed by atoms with Crippen LogP contribution in [0.3, 0.4) is 0 Å². The van der Waals surface area contributed by atoms with E-state index in [1.165, 1.54) is 0 Å². The summed E-state index contributed by atoms with van der Waals surface area (Å²) in [6.45, 7) is 6.78. The Morgan fingerprint density at radius 1 is 1.32 bits per heavy atom. The van der Waals surface area contributed by atoms with Crippen molar-refractivity contribution >= 4 is 5.91 Å². The summed E-state index contributed by atoms with van der Waals surface area (Å²) in [5.74, 6) is 1.83. The molecule has 2 atom stereocenters. The second-order valence-electron chi connectivity index (χ2n) is 9.07. The molecule has 1 saturated carbocycles. The number of rotatable bonds is 4. The van der Waals surface area contributed by atoms with Crippen molar-refractivity contribution in [1.82, 2.24) is 25.4 Å². The number of nitrogens with one attached hydrogen (secondary N) is 2. The van der Waals surface area contributed by atoms with Gasteiger partial charge in [0.1, 0.15) is 11.9 Å². The van der Waals surface area contributed by atoms with Gasteiger partial charge in [-0.25, -0.2) is 4.98 Å². The number of carbonyl (C=O) groups is 1. The van der Waals surface area contributed by atoms with Gasteiger partial charge in [0, 0.05) is 25.6 Å². The Morgan fingerprint density at radius 2 is 2.04 bits per heavy atom. The number of carbonyl (C=O) groups excluding carboxylic acids is 1. The third-order valence-electron chi connectivity index (χ3n) is 6.96. The van der Waals surface area contributed by atoms with Gasteiger partial charge in [-0.1, -0.05) is 12.8 Å².